The molecule has 2 N–H and O–H groups in total. The first-order valence-corrected chi connectivity index (χ1v) is 6.98. The van der Waals surface area contributed by atoms with Gasteiger partial charge in [0, 0.05) is 23.2 Å². The molecule has 0 unspecified atom stereocenters. The zero-order valence-corrected chi connectivity index (χ0v) is 12.1. The molecule has 0 aliphatic carbocycles. The molecule has 0 saturated heterocycles. The van der Waals surface area contributed by atoms with Gasteiger partial charge in [-0.15, -0.1) is 0 Å². The van der Waals surface area contributed by atoms with Crippen LogP contribution in [0.15, 0.2) is 54.6 Å². The second-order valence-electron chi connectivity index (χ2n) is 4.04. The van der Waals surface area contributed by atoms with Gasteiger partial charge in [-0.1, -0.05) is 18.2 Å². The minimum absolute atomic E-state index is 0.426. The van der Waals surface area contributed by atoms with Crippen LogP contribution < -0.4 is 14.8 Å². The summed E-state index contributed by atoms with van der Waals surface area (Å²) in [4.78, 5) is 23.4. The Morgan fingerprint density at radius 2 is 1.67 bits per heavy atom. The molecule has 0 atom stereocenters. The first-order valence-electron chi connectivity index (χ1n) is 6.16. The van der Waals surface area contributed by atoms with Crippen LogP contribution >= 0.6 is 11.9 Å². The number of carbonyl (C=O) groups excluding carboxylic acids is 2. The second-order valence-corrected chi connectivity index (χ2v) is 4.82. The van der Waals surface area contributed by atoms with E-state index in [1.165, 1.54) is 0 Å². The van der Waals surface area contributed by atoms with Crippen molar-refractivity contribution in [1.82, 2.24) is 5.32 Å². The van der Waals surface area contributed by atoms with Gasteiger partial charge in [-0.05, 0) is 36.4 Å². The summed E-state index contributed by atoms with van der Waals surface area (Å²) < 4.78 is 7.89. The number of imide groups is 1. The molecule has 0 bridgehead atoms. The van der Waals surface area contributed by atoms with Crippen molar-refractivity contribution in [2.75, 3.05) is 11.8 Å². The zero-order valence-electron chi connectivity index (χ0n) is 11.3. The Morgan fingerprint density at radius 1 is 1.00 bits per heavy atom. The highest BCUT2D eigenvalue weighted by atomic mass is 32.2. The third-order valence-corrected chi connectivity index (χ3v) is 3.23. The van der Waals surface area contributed by atoms with E-state index in [1.54, 1.807) is 61.7 Å². The van der Waals surface area contributed by atoms with Gasteiger partial charge < -0.3 is 9.46 Å². The molecule has 0 fully saturated rings. The molecule has 0 heterocycles. The van der Waals surface area contributed by atoms with E-state index in [9.17, 15) is 9.59 Å². The van der Waals surface area contributed by atoms with Gasteiger partial charge in [-0.2, -0.15) is 0 Å². The Morgan fingerprint density at radius 3 is 2.29 bits per heavy atom. The molecule has 2 aromatic rings. The van der Waals surface area contributed by atoms with Crippen molar-refractivity contribution < 1.29 is 14.3 Å². The topological polar surface area (TPSA) is 67.4 Å². The van der Waals surface area contributed by atoms with E-state index in [2.05, 4.69) is 10.0 Å². The molecule has 0 saturated carbocycles. The Kier molecular flexibility index (Phi) is 5.22. The van der Waals surface area contributed by atoms with Crippen LogP contribution in [0, 0.1) is 0 Å². The summed E-state index contributed by atoms with van der Waals surface area (Å²) >= 11 is 0.804. The van der Waals surface area contributed by atoms with E-state index in [-0.39, 0.29) is 0 Å². The molecule has 0 aliphatic heterocycles. The van der Waals surface area contributed by atoms with Crippen molar-refractivity contribution in [3.63, 3.8) is 0 Å². The van der Waals surface area contributed by atoms with Crippen LogP contribution in [0.5, 0.6) is 5.75 Å². The molecule has 2 aromatic carbocycles. The average molecular weight is 302 g/mol. The van der Waals surface area contributed by atoms with Crippen LogP contribution in [0.4, 0.5) is 10.5 Å². The van der Waals surface area contributed by atoms with Gasteiger partial charge in [0.15, 0.2) is 0 Å². The van der Waals surface area contributed by atoms with E-state index in [1.807, 2.05) is 0 Å². The minimum atomic E-state index is -0.473. The van der Waals surface area contributed by atoms with Crippen LogP contribution in [-0.4, -0.2) is 18.3 Å². The molecular formula is C15H14N2O3S. The largest absolute Gasteiger partial charge is 0.497 e. The molecule has 108 valence electrons. The number of hydrogen-bond acceptors (Lipinski definition) is 5. The van der Waals surface area contributed by atoms with Gasteiger partial charge in [0.25, 0.3) is 5.91 Å². The van der Waals surface area contributed by atoms with Crippen molar-refractivity contribution in [2.24, 2.45) is 0 Å². The fourth-order valence-electron chi connectivity index (χ4n) is 1.54. The predicted molar refractivity (Wildman–Crippen MR) is 83.5 cm³/mol. The van der Waals surface area contributed by atoms with Gasteiger partial charge in [0.1, 0.15) is 5.75 Å². The maximum atomic E-state index is 11.8. The van der Waals surface area contributed by atoms with Gasteiger partial charge in [0.2, 0.25) is 0 Å². The molecule has 21 heavy (non-hydrogen) atoms. The van der Waals surface area contributed by atoms with Crippen LogP contribution in [0.2, 0.25) is 0 Å². The molecule has 2 rings (SSSR count). The van der Waals surface area contributed by atoms with E-state index in [0.717, 1.165) is 23.4 Å². The number of nitrogens with one attached hydrogen (secondary N) is 2. The molecule has 0 aromatic heterocycles. The van der Waals surface area contributed by atoms with Crippen molar-refractivity contribution in [1.29, 1.82) is 0 Å². The zero-order chi connectivity index (χ0) is 15.1. The number of ether oxygens (including phenoxy) is 1. The van der Waals surface area contributed by atoms with Crippen LogP contribution in [0.1, 0.15) is 10.4 Å². The van der Waals surface area contributed by atoms with E-state index in [4.69, 9.17) is 4.74 Å². The lowest BCUT2D eigenvalue weighted by Crippen LogP contribution is -2.27. The number of amides is 2. The number of carbonyl (C=O) groups is 2. The van der Waals surface area contributed by atoms with Gasteiger partial charge in [-0.25, -0.2) is 0 Å². The summed E-state index contributed by atoms with van der Waals surface area (Å²) in [5, 5.41) is 1.81. The summed E-state index contributed by atoms with van der Waals surface area (Å²) in [5.74, 6) is 0.305. The Hall–Kier alpha value is -2.47. The first-order chi connectivity index (χ1) is 10.2. The molecule has 0 spiro atoms. The lowest BCUT2D eigenvalue weighted by molar-refractivity contribution is 0.0969. The third-order valence-electron chi connectivity index (χ3n) is 2.60. The highest BCUT2D eigenvalue weighted by Gasteiger charge is 2.10. The Bertz CT molecular complexity index is 615. The first kappa shape index (κ1) is 14.9. The summed E-state index contributed by atoms with van der Waals surface area (Å²) in [7, 11) is 1.58. The average Bonchev–Trinajstić information content (AvgIpc) is 2.54. The molecular weight excluding hydrogens is 288 g/mol. The van der Waals surface area contributed by atoms with Crippen LogP contribution in [-0.2, 0) is 0 Å². The SMILES string of the molecule is COc1ccc(NSC(=O)NC(=O)c2ccccc2)cc1. The van der Waals surface area contributed by atoms with Crippen molar-refractivity contribution >= 4 is 28.8 Å². The van der Waals surface area contributed by atoms with Crippen molar-refractivity contribution in [2.45, 2.75) is 0 Å². The van der Waals surface area contributed by atoms with Crippen molar-refractivity contribution in [3.05, 3.63) is 60.2 Å². The number of anilines is 1. The highest BCUT2D eigenvalue weighted by molar-refractivity contribution is 8.14. The summed E-state index contributed by atoms with van der Waals surface area (Å²) in [6.07, 6.45) is 0. The monoisotopic (exact) mass is 302 g/mol. The predicted octanol–water partition coefficient (Wildman–Crippen LogP) is 3.31. The lowest BCUT2D eigenvalue weighted by Gasteiger charge is -2.06. The number of rotatable bonds is 4. The summed E-state index contributed by atoms with van der Waals surface area (Å²) in [5.41, 5.74) is 1.18. The fourth-order valence-corrected chi connectivity index (χ4v) is 2.03. The minimum Gasteiger partial charge on any atom is -0.497 e. The smallest absolute Gasteiger partial charge is 0.306 e. The van der Waals surface area contributed by atoms with E-state index >= 15 is 0 Å². The summed E-state index contributed by atoms with van der Waals surface area (Å²) in [6, 6.07) is 15.7. The van der Waals surface area contributed by atoms with Crippen molar-refractivity contribution in [3.8, 4) is 5.75 Å². The quantitative estimate of drug-likeness (QED) is 0.848. The van der Waals surface area contributed by atoms with Crippen LogP contribution in [0.25, 0.3) is 0 Å². The molecule has 5 nitrogen and oxygen atoms in total. The van der Waals surface area contributed by atoms with Gasteiger partial charge in [0.05, 0.1) is 7.11 Å². The number of methoxy groups -OCH3 is 1. The fraction of sp³-hybridized carbons (Fsp3) is 0.0667. The number of hydrogen-bond donors (Lipinski definition) is 2. The highest BCUT2D eigenvalue weighted by Crippen LogP contribution is 2.18. The van der Waals surface area contributed by atoms with Gasteiger partial charge in [-0.3, -0.25) is 14.9 Å². The maximum Gasteiger partial charge on any atom is 0.306 e. The molecule has 6 heteroatoms. The molecule has 2 amide bonds. The van der Waals surface area contributed by atoms with E-state index in [0.29, 0.717) is 5.56 Å². The van der Waals surface area contributed by atoms with Crippen LogP contribution in [0.3, 0.4) is 0 Å². The number of benzene rings is 2. The lowest BCUT2D eigenvalue weighted by atomic mass is 10.2. The standard InChI is InChI=1S/C15H14N2O3S/c1-20-13-9-7-12(8-10-13)17-21-15(19)16-14(18)11-5-3-2-4-6-11/h2-10,17H,1H3,(H,16,18,19). The third kappa shape index (κ3) is 4.54. The molecule has 0 aliphatic rings. The Labute approximate surface area is 126 Å². The summed E-state index contributed by atoms with van der Waals surface area (Å²) in [6.45, 7) is 0. The van der Waals surface area contributed by atoms with E-state index < -0.39 is 11.1 Å². The second kappa shape index (κ2) is 7.35. The van der Waals surface area contributed by atoms with Gasteiger partial charge >= 0.3 is 5.24 Å². The normalized spacial score (nSPS) is 9.76. The maximum absolute atomic E-state index is 11.8. The Balaban J connectivity index is 1.83. The molecule has 0 radical (unpaired) electrons.